The SMILES string of the molecule is O=C(C1CCC(Nc2cccc(Cl)c2)CC1)N1CCN(CC2CC2)CC1. The van der Waals surface area contributed by atoms with E-state index in [-0.39, 0.29) is 5.92 Å². The smallest absolute Gasteiger partial charge is 0.225 e. The Kier molecular flexibility index (Phi) is 5.70. The number of halogens is 1. The van der Waals surface area contributed by atoms with Gasteiger partial charge in [0.25, 0.3) is 0 Å². The fourth-order valence-electron chi connectivity index (χ4n) is 4.37. The highest BCUT2D eigenvalue weighted by Crippen LogP contribution is 2.31. The zero-order valence-corrected chi connectivity index (χ0v) is 16.3. The number of anilines is 1. The van der Waals surface area contributed by atoms with Gasteiger partial charge in [0.15, 0.2) is 0 Å². The van der Waals surface area contributed by atoms with Gasteiger partial charge >= 0.3 is 0 Å². The number of carbonyl (C=O) groups excluding carboxylic acids is 1. The van der Waals surface area contributed by atoms with Gasteiger partial charge in [-0.2, -0.15) is 0 Å². The molecule has 4 nitrogen and oxygen atoms in total. The van der Waals surface area contributed by atoms with Crippen molar-refractivity contribution in [3.05, 3.63) is 29.3 Å². The largest absolute Gasteiger partial charge is 0.382 e. The lowest BCUT2D eigenvalue weighted by Crippen LogP contribution is -2.51. The van der Waals surface area contributed by atoms with Crippen molar-refractivity contribution in [2.24, 2.45) is 11.8 Å². The average Bonchev–Trinajstić information content (AvgIpc) is 3.47. The molecule has 1 aromatic rings. The maximum atomic E-state index is 12.9. The first-order valence-electron chi connectivity index (χ1n) is 10.2. The second kappa shape index (κ2) is 8.18. The van der Waals surface area contributed by atoms with Gasteiger partial charge in [-0.3, -0.25) is 9.69 Å². The van der Waals surface area contributed by atoms with Crippen LogP contribution in [0.5, 0.6) is 0 Å². The molecule has 1 amide bonds. The standard InChI is InChI=1S/C21H30ClN3O/c22-18-2-1-3-20(14-18)23-19-8-6-17(7-9-19)21(26)25-12-10-24(11-13-25)15-16-4-5-16/h1-3,14,16-17,19,23H,4-13,15H2. The van der Waals surface area contributed by atoms with E-state index in [0.717, 1.165) is 68.5 Å². The van der Waals surface area contributed by atoms with E-state index < -0.39 is 0 Å². The molecule has 3 fully saturated rings. The van der Waals surface area contributed by atoms with Crippen molar-refractivity contribution in [2.75, 3.05) is 38.0 Å². The van der Waals surface area contributed by atoms with Crippen LogP contribution in [-0.2, 0) is 4.79 Å². The fourth-order valence-corrected chi connectivity index (χ4v) is 4.56. The van der Waals surface area contributed by atoms with Crippen LogP contribution in [0, 0.1) is 11.8 Å². The molecule has 3 aliphatic rings. The number of hydrogen-bond donors (Lipinski definition) is 1. The molecule has 5 heteroatoms. The van der Waals surface area contributed by atoms with Crippen LogP contribution in [0.3, 0.4) is 0 Å². The van der Waals surface area contributed by atoms with Gasteiger partial charge < -0.3 is 10.2 Å². The number of rotatable bonds is 5. The number of benzene rings is 1. The number of carbonyl (C=O) groups is 1. The van der Waals surface area contributed by atoms with Crippen LogP contribution in [0.2, 0.25) is 5.02 Å². The Balaban J connectivity index is 1.21. The molecule has 1 aliphatic heterocycles. The summed E-state index contributed by atoms with van der Waals surface area (Å²) >= 11 is 6.06. The van der Waals surface area contributed by atoms with E-state index in [1.807, 2.05) is 18.2 Å². The number of nitrogens with zero attached hydrogens (tertiary/aromatic N) is 2. The Morgan fingerprint density at radius 3 is 2.42 bits per heavy atom. The van der Waals surface area contributed by atoms with Gasteiger partial charge in [-0.25, -0.2) is 0 Å². The summed E-state index contributed by atoms with van der Waals surface area (Å²) in [4.78, 5) is 17.5. The molecule has 0 aromatic heterocycles. The summed E-state index contributed by atoms with van der Waals surface area (Å²) in [5.74, 6) is 1.57. The molecule has 142 valence electrons. The Labute approximate surface area is 161 Å². The molecule has 0 spiro atoms. The van der Waals surface area contributed by atoms with Gasteiger partial charge in [0.2, 0.25) is 5.91 Å². The first kappa shape index (κ1) is 18.1. The van der Waals surface area contributed by atoms with E-state index in [4.69, 9.17) is 11.6 Å². The Hall–Kier alpha value is -1.26. The summed E-state index contributed by atoms with van der Waals surface area (Å²) in [5.41, 5.74) is 1.08. The molecule has 0 bridgehead atoms. The van der Waals surface area contributed by atoms with Gasteiger partial charge in [0.1, 0.15) is 0 Å². The van der Waals surface area contributed by atoms with Crippen molar-refractivity contribution >= 4 is 23.2 Å². The maximum Gasteiger partial charge on any atom is 0.225 e. The van der Waals surface area contributed by atoms with Crippen LogP contribution >= 0.6 is 11.6 Å². The summed E-state index contributed by atoms with van der Waals surface area (Å²) in [7, 11) is 0. The second-order valence-electron chi connectivity index (χ2n) is 8.27. The Morgan fingerprint density at radius 1 is 1.04 bits per heavy atom. The first-order valence-corrected chi connectivity index (χ1v) is 10.6. The van der Waals surface area contributed by atoms with E-state index in [2.05, 4.69) is 21.2 Å². The Morgan fingerprint density at radius 2 is 1.77 bits per heavy atom. The highest BCUT2D eigenvalue weighted by molar-refractivity contribution is 6.30. The van der Waals surface area contributed by atoms with Crippen LogP contribution in [0.1, 0.15) is 38.5 Å². The zero-order chi connectivity index (χ0) is 17.9. The minimum Gasteiger partial charge on any atom is -0.382 e. The lowest BCUT2D eigenvalue weighted by molar-refractivity contribution is -0.138. The van der Waals surface area contributed by atoms with E-state index in [0.29, 0.717) is 11.9 Å². The van der Waals surface area contributed by atoms with Crippen LogP contribution in [0.25, 0.3) is 0 Å². The summed E-state index contributed by atoms with van der Waals surface area (Å²) < 4.78 is 0. The number of hydrogen-bond acceptors (Lipinski definition) is 3. The van der Waals surface area contributed by atoms with Crippen molar-refractivity contribution in [3.63, 3.8) is 0 Å². The molecule has 1 heterocycles. The monoisotopic (exact) mass is 375 g/mol. The third-order valence-corrected chi connectivity index (χ3v) is 6.40. The van der Waals surface area contributed by atoms with Crippen molar-refractivity contribution in [1.29, 1.82) is 0 Å². The Bertz CT molecular complexity index is 617. The molecule has 2 aliphatic carbocycles. The minimum atomic E-state index is 0.224. The third kappa shape index (κ3) is 4.72. The lowest BCUT2D eigenvalue weighted by atomic mass is 9.85. The quantitative estimate of drug-likeness (QED) is 0.848. The average molecular weight is 376 g/mol. The zero-order valence-electron chi connectivity index (χ0n) is 15.5. The summed E-state index contributed by atoms with van der Waals surface area (Å²) in [6.07, 6.45) is 6.94. The van der Waals surface area contributed by atoms with Gasteiger partial charge in [-0.05, 0) is 62.6 Å². The van der Waals surface area contributed by atoms with Crippen LogP contribution in [-0.4, -0.2) is 54.5 Å². The molecule has 26 heavy (non-hydrogen) atoms. The molecule has 1 aromatic carbocycles. The topological polar surface area (TPSA) is 35.6 Å². The lowest BCUT2D eigenvalue weighted by Gasteiger charge is -2.38. The predicted molar refractivity (Wildman–Crippen MR) is 107 cm³/mol. The fraction of sp³-hybridized carbons (Fsp3) is 0.667. The number of piperazine rings is 1. The first-order chi connectivity index (χ1) is 12.7. The molecule has 1 saturated heterocycles. The highest BCUT2D eigenvalue weighted by Gasteiger charge is 2.32. The molecule has 2 saturated carbocycles. The highest BCUT2D eigenvalue weighted by atomic mass is 35.5. The van der Waals surface area contributed by atoms with E-state index >= 15 is 0 Å². The molecule has 0 atom stereocenters. The van der Waals surface area contributed by atoms with Gasteiger partial charge in [-0.15, -0.1) is 0 Å². The van der Waals surface area contributed by atoms with Crippen LogP contribution < -0.4 is 5.32 Å². The minimum absolute atomic E-state index is 0.224. The molecule has 0 radical (unpaired) electrons. The summed E-state index contributed by atoms with van der Waals surface area (Å²) in [5, 5.41) is 4.34. The summed E-state index contributed by atoms with van der Waals surface area (Å²) in [6.45, 7) is 5.22. The predicted octanol–water partition coefficient (Wildman–Crippen LogP) is 3.86. The second-order valence-corrected chi connectivity index (χ2v) is 8.71. The van der Waals surface area contributed by atoms with Crippen LogP contribution in [0.15, 0.2) is 24.3 Å². The van der Waals surface area contributed by atoms with E-state index in [9.17, 15) is 4.79 Å². The van der Waals surface area contributed by atoms with Crippen molar-refractivity contribution in [3.8, 4) is 0 Å². The molecule has 0 unspecified atom stereocenters. The number of nitrogens with one attached hydrogen (secondary N) is 1. The summed E-state index contributed by atoms with van der Waals surface area (Å²) in [6, 6.07) is 8.35. The van der Waals surface area contributed by atoms with Gasteiger partial charge in [0, 0.05) is 55.4 Å². The van der Waals surface area contributed by atoms with Gasteiger partial charge in [-0.1, -0.05) is 17.7 Å². The van der Waals surface area contributed by atoms with Crippen molar-refractivity contribution in [2.45, 2.75) is 44.6 Å². The third-order valence-electron chi connectivity index (χ3n) is 6.17. The van der Waals surface area contributed by atoms with Gasteiger partial charge in [0.05, 0.1) is 0 Å². The normalized spacial score (nSPS) is 27.3. The van der Waals surface area contributed by atoms with Crippen molar-refractivity contribution in [1.82, 2.24) is 9.80 Å². The van der Waals surface area contributed by atoms with E-state index in [1.54, 1.807) is 0 Å². The molecular weight excluding hydrogens is 346 g/mol. The maximum absolute atomic E-state index is 12.9. The number of amides is 1. The van der Waals surface area contributed by atoms with Crippen molar-refractivity contribution < 1.29 is 4.79 Å². The van der Waals surface area contributed by atoms with Crippen LogP contribution in [0.4, 0.5) is 5.69 Å². The molecular formula is C21H30ClN3O. The van der Waals surface area contributed by atoms with E-state index in [1.165, 1.54) is 19.4 Å². The molecule has 4 rings (SSSR count). The molecule has 1 N–H and O–H groups in total.